The highest BCUT2D eigenvalue weighted by molar-refractivity contribution is 7.11. The first-order valence-corrected chi connectivity index (χ1v) is 7.07. The summed E-state index contributed by atoms with van der Waals surface area (Å²) in [5.74, 6) is 0.621. The average Bonchev–Trinajstić information content (AvgIpc) is 2.79. The molecule has 96 valence electrons. The van der Waals surface area contributed by atoms with Crippen molar-refractivity contribution in [2.75, 3.05) is 7.05 Å². The third-order valence-electron chi connectivity index (χ3n) is 2.73. The third-order valence-corrected chi connectivity index (χ3v) is 3.74. The molecule has 0 saturated heterocycles. The summed E-state index contributed by atoms with van der Waals surface area (Å²) in [6, 6.07) is 10.5. The molecule has 0 radical (unpaired) electrons. The van der Waals surface area contributed by atoms with Crippen LogP contribution < -0.4 is 5.32 Å². The molecular weight excluding hydrogens is 242 g/mol. The van der Waals surface area contributed by atoms with Crippen molar-refractivity contribution in [1.29, 1.82) is 0 Å². The molecule has 1 atom stereocenters. The van der Waals surface area contributed by atoms with Crippen LogP contribution in [0.5, 0.6) is 0 Å². The van der Waals surface area contributed by atoms with Crippen LogP contribution in [0.3, 0.4) is 0 Å². The molecule has 2 aromatic rings. The predicted octanol–water partition coefficient (Wildman–Crippen LogP) is 3.05. The van der Waals surface area contributed by atoms with E-state index in [0.717, 1.165) is 16.4 Å². The van der Waals surface area contributed by atoms with Crippen molar-refractivity contribution in [1.82, 2.24) is 15.5 Å². The minimum absolute atomic E-state index is 0.143. The Bertz CT molecular complexity index is 479. The minimum Gasteiger partial charge on any atom is -0.307 e. The minimum atomic E-state index is 0.143. The molecule has 0 spiro atoms. The number of aromatic nitrogens is 2. The van der Waals surface area contributed by atoms with Gasteiger partial charge in [-0.25, -0.2) is 0 Å². The topological polar surface area (TPSA) is 37.8 Å². The molecule has 0 aliphatic heterocycles. The Morgan fingerprint density at radius 1 is 1.17 bits per heavy atom. The number of nitrogens with zero attached hydrogens (tertiary/aromatic N) is 2. The van der Waals surface area contributed by atoms with Gasteiger partial charge < -0.3 is 5.32 Å². The van der Waals surface area contributed by atoms with Crippen LogP contribution >= 0.6 is 11.3 Å². The maximum atomic E-state index is 4.32. The highest BCUT2D eigenvalue weighted by Gasteiger charge is 2.17. The number of hydrogen-bond acceptors (Lipinski definition) is 4. The van der Waals surface area contributed by atoms with Crippen molar-refractivity contribution in [2.24, 2.45) is 5.92 Å². The zero-order chi connectivity index (χ0) is 13.0. The smallest absolute Gasteiger partial charge is 0.139 e. The van der Waals surface area contributed by atoms with Crippen LogP contribution in [-0.2, 0) is 6.42 Å². The van der Waals surface area contributed by atoms with Crippen LogP contribution in [0.2, 0.25) is 0 Å². The molecule has 0 fully saturated rings. The van der Waals surface area contributed by atoms with Crippen molar-refractivity contribution in [2.45, 2.75) is 26.3 Å². The first kappa shape index (κ1) is 13.2. The van der Waals surface area contributed by atoms with Crippen LogP contribution in [0.25, 0.3) is 0 Å². The highest BCUT2D eigenvalue weighted by atomic mass is 32.1. The van der Waals surface area contributed by atoms with E-state index in [4.69, 9.17) is 0 Å². The monoisotopic (exact) mass is 261 g/mol. The van der Waals surface area contributed by atoms with E-state index in [1.165, 1.54) is 5.56 Å². The lowest BCUT2D eigenvalue weighted by Gasteiger charge is -2.12. The fourth-order valence-corrected chi connectivity index (χ4v) is 3.09. The molecular formula is C14H19N3S. The lowest BCUT2D eigenvalue weighted by Crippen LogP contribution is -2.17. The zero-order valence-electron chi connectivity index (χ0n) is 11.1. The van der Waals surface area contributed by atoms with E-state index in [1.54, 1.807) is 11.3 Å². The lowest BCUT2D eigenvalue weighted by molar-refractivity contribution is 0.636. The normalized spacial score (nSPS) is 12.9. The molecule has 4 heteroatoms. The summed E-state index contributed by atoms with van der Waals surface area (Å²) in [5.41, 5.74) is 1.23. The predicted molar refractivity (Wildman–Crippen MR) is 75.8 cm³/mol. The van der Waals surface area contributed by atoms with Gasteiger partial charge in [-0.1, -0.05) is 55.5 Å². The molecule has 2 rings (SSSR count). The first-order valence-electron chi connectivity index (χ1n) is 6.25. The standard InChI is InChI=1S/C14H19N3S/c1-10(2)9-12-16-17-14(18-12)13(15-3)11-7-5-4-6-8-11/h4-8,10,13,15H,9H2,1-3H3. The number of benzene rings is 1. The van der Waals surface area contributed by atoms with E-state index in [2.05, 4.69) is 53.6 Å². The summed E-state index contributed by atoms with van der Waals surface area (Å²) in [6.07, 6.45) is 1.00. The van der Waals surface area contributed by atoms with Crippen LogP contribution in [0, 0.1) is 5.92 Å². The van der Waals surface area contributed by atoms with Gasteiger partial charge >= 0.3 is 0 Å². The van der Waals surface area contributed by atoms with Crippen molar-refractivity contribution >= 4 is 11.3 Å². The van der Waals surface area contributed by atoms with E-state index < -0.39 is 0 Å². The third kappa shape index (κ3) is 3.15. The van der Waals surface area contributed by atoms with Gasteiger partial charge in [0, 0.05) is 6.42 Å². The van der Waals surface area contributed by atoms with Crippen LogP contribution in [0.4, 0.5) is 0 Å². The van der Waals surface area contributed by atoms with E-state index in [-0.39, 0.29) is 6.04 Å². The molecule has 0 aliphatic carbocycles. The van der Waals surface area contributed by atoms with Gasteiger partial charge in [0.1, 0.15) is 10.0 Å². The molecule has 1 heterocycles. The molecule has 0 amide bonds. The Balaban J connectivity index is 2.20. The fourth-order valence-electron chi connectivity index (χ4n) is 1.89. The molecule has 1 unspecified atom stereocenters. The molecule has 1 aromatic carbocycles. The van der Waals surface area contributed by atoms with Gasteiger partial charge in [-0.15, -0.1) is 10.2 Å². The first-order chi connectivity index (χ1) is 8.70. The van der Waals surface area contributed by atoms with Gasteiger partial charge in [0.2, 0.25) is 0 Å². The molecule has 1 aromatic heterocycles. The van der Waals surface area contributed by atoms with Gasteiger partial charge in [-0.2, -0.15) is 0 Å². The van der Waals surface area contributed by atoms with Crippen molar-refractivity contribution in [3.63, 3.8) is 0 Å². The molecule has 3 nitrogen and oxygen atoms in total. The second-order valence-corrected chi connectivity index (χ2v) is 5.86. The number of hydrogen-bond donors (Lipinski definition) is 1. The summed E-state index contributed by atoms with van der Waals surface area (Å²) in [5, 5.41) is 14.1. The average molecular weight is 261 g/mol. The van der Waals surface area contributed by atoms with Crippen LogP contribution in [0.15, 0.2) is 30.3 Å². The summed E-state index contributed by atoms with van der Waals surface area (Å²) in [6.45, 7) is 4.40. The van der Waals surface area contributed by atoms with Gasteiger partial charge in [-0.05, 0) is 18.5 Å². The summed E-state index contributed by atoms with van der Waals surface area (Å²) < 4.78 is 0. The van der Waals surface area contributed by atoms with Crippen molar-refractivity contribution < 1.29 is 0 Å². The second kappa shape index (κ2) is 6.07. The van der Waals surface area contributed by atoms with E-state index in [9.17, 15) is 0 Å². The Hall–Kier alpha value is -1.26. The molecule has 0 saturated carbocycles. The Labute approximate surface area is 112 Å². The van der Waals surface area contributed by atoms with E-state index >= 15 is 0 Å². The summed E-state index contributed by atoms with van der Waals surface area (Å²) in [7, 11) is 1.96. The molecule has 18 heavy (non-hydrogen) atoms. The summed E-state index contributed by atoms with van der Waals surface area (Å²) in [4.78, 5) is 0. The summed E-state index contributed by atoms with van der Waals surface area (Å²) >= 11 is 1.70. The van der Waals surface area contributed by atoms with Gasteiger partial charge in [-0.3, -0.25) is 0 Å². The maximum Gasteiger partial charge on any atom is 0.139 e. The second-order valence-electron chi connectivity index (χ2n) is 4.76. The van der Waals surface area contributed by atoms with Gasteiger partial charge in [0.25, 0.3) is 0 Å². The van der Waals surface area contributed by atoms with Crippen molar-refractivity contribution in [3.8, 4) is 0 Å². The van der Waals surface area contributed by atoms with Crippen LogP contribution in [-0.4, -0.2) is 17.2 Å². The van der Waals surface area contributed by atoms with Gasteiger partial charge in [0.05, 0.1) is 6.04 Å². The number of nitrogens with one attached hydrogen (secondary N) is 1. The number of rotatable bonds is 5. The Morgan fingerprint density at radius 2 is 1.89 bits per heavy atom. The molecule has 0 bridgehead atoms. The van der Waals surface area contributed by atoms with Crippen LogP contribution in [0.1, 0.15) is 35.5 Å². The van der Waals surface area contributed by atoms with E-state index in [1.807, 2.05) is 13.1 Å². The quantitative estimate of drug-likeness (QED) is 0.899. The lowest BCUT2D eigenvalue weighted by atomic mass is 10.1. The van der Waals surface area contributed by atoms with E-state index in [0.29, 0.717) is 5.92 Å². The molecule has 0 aliphatic rings. The fraction of sp³-hybridized carbons (Fsp3) is 0.429. The SMILES string of the molecule is CNC(c1ccccc1)c1nnc(CC(C)C)s1. The largest absolute Gasteiger partial charge is 0.307 e. The maximum absolute atomic E-state index is 4.32. The Kier molecular flexibility index (Phi) is 4.44. The zero-order valence-corrected chi connectivity index (χ0v) is 11.9. The van der Waals surface area contributed by atoms with Crippen molar-refractivity contribution in [3.05, 3.63) is 45.9 Å². The molecule has 1 N–H and O–H groups in total. The highest BCUT2D eigenvalue weighted by Crippen LogP contribution is 2.25. The van der Waals surface area contributed by atoms with Gasteiger partial charge in [0.15, 0.2) is 0 Å². The Morgan fingerprint density at radius 3 is 2.50 bits per heavy atom.